The van der Waals surface area contributed by atoms with Gasteiger partial charge in [0.15, 0.2) is 5.82 Å². The number of aryl methyl sites for hydroxylation is 1. The van der Waals surface area contributed by atoms with Crippen molar-refractivity contribution < 1.29 is 14.1 Å². The van der Waals surface area contributed by atoms with Gasteiger partial charge in [-0.2, -0.15) is 4.98 Å². The maximum absolute atomic E-state index is 12.2. The van der Waals surface area contributed by atoms with Crippen molar-refractivity contribution in [3.8, 4) is 5.75 Å². The number of methoxy groups -OCH3 is 1. The van der Waals surface area contributed by atoms with Crippen LogP contribution in [0.2, 0.25) is 0 Å². The van der Waals surface area contributed by atoms with Crippen molar-refractivity contribution in [1.82, 2.24) is 15.5 Å². The summed E-state index contributed by atoms with van der Waals surface area (Å²) in [6.45, 7) is 2.24. The lowest BCUT2D eigenvalue weighted by Crippen LogP contribution is -2.30. The van der Waals surface area contributed by atoms with Crippen molar-refractivity contribution >= 4 is 5.91 Å². The Labute approximate surface area is 158 Å². The lowest BCUT2D eigenvalue weighted by atomic mass is 9.92. The Hall–Kier alpha value is -3.15. The first-order chi connectivity index (χ1) is 13.1. The van der Waals surface area contributed by atoms with Crippen LogP contribution in [0.5, 0.6) is 5.75 Å². The first-order valence-corrected chi connectivity index (χ1v) is 8.88. The zero-order chi connectivity index (χ0) is 19.1. The van der Waals surface area contributed by atoms with Crippen LogP contribution in [0.15, 0.2) is 59.1 Å². The Bertz CT molecular complexity index is 860. The summed E-state index contributed by atoms with van der Waals surface area (Å²) < 4.78 is 10.1. The number of nitrogens with one attached hydrogen (secondary N) is 1. The molecule has 0 saturated carbocycles. The zero-order valence-electron chi connectivity index (χ0n) is 15.5. The second kappa shape index (κ2) is 8.98. The molecule has 0 saturated heterocycles. The van der Waals surface area contributed by atoms with Crippen LogP contribution in [0.25, 0.3) is 0 Å². The molecule has 1 N–H and O–H groups in total. The van der Waals surface area contributed by atoms with Crippen LogP contribution in [0.4, 0.5) is 0 Å². The number of amides is 1. The number of rotatable bonds is 8. The molecule has 6 heteroatoms. The van der Waals surface area contributed by atoms with Crippen LogP contribution in [0.3, 0.4) is 0 Å². The van der Waals surface area contributed by atoms with E-state index in [2.05, 4.69) is 39.7 Å². The maximum Gasteiger partial charge on any atom is 0.227 e. The summed E-state index contributed by atoms with van der Waals surface area (Å²) in [5, 5.41) is 6.76. The van der Waals surface area contributed by atoms with E-state index in [1.165, 1.54) is 11.1 Å². The van der Waals surface area contributed by atoms with Crippen molar-refractivity contribution in [2.75, 3.05) is 13.7 Å². The standard InChI is InChI=1S/C21H23N3O3/c1-15-23-20(24-27-15)13-21(25)22-14-18(17-6-4-3-5-7-17)12-16-8-10-19(26-2)11-9-16/h3-11,18H,12-14H2,1-2H3,(H,22,25). The van der Waals surface area contributed by atoms with E-state index in [0.717, 1.165) is 12.2 Å². The predicted molar refractivity (Wildman–Crippen MR) is 102 cm³/mol. The molecular weight excluding hydrogens is 342 g/mol. The Morgan fingerprint density at radius 2 is 1.89 bits per heavy atom. The molecule has 1 heterocycles. The average molecular weight is 365 g/mol. The third-order valence-corrected chi connectivity index (χ3v) is 4.35. The van der Waals surface area contributed by atoms with E-state index >= 15 is 0 Å². The second-order valence-corrected chi connectivity index (χ2v) is 6.37. The van der Waals surface area contributed by atoms with Gasteiger partial charge in [-0.25, -0.2) is 0 Å². The van der Waals surface area contributed by atoms with Crippen molar-refractivity contribution in [1.29, 1.82) is 0 Å². The lowest BCUT2D eigenvalue weighted by Gasteiger charge is -2.18. The number of carbonyl (C=O) groups excluding carboxylic acids is 1. The molecule has 6 nitrogen and oxygen atoms in total. The highest BCUT2D eigenvalue weighted by atomic mass is 16.5. The highest BCUT2D eigenvalue weighted by Gasteiger charge is 2.15. The molecule has 1 unspecified atom stereocenters. The summed E-state index contributed by atoms with van der Waals surface area (Å²) in [6, 6.07) is 18.2. The molecule has 3 aromatic rings. The molecule has 0 aliphatic carbocycles. The summed E-state index contributed by atoms with van der Waals surface area (Å²) in [7, 11) is 1.66. The van der Waals surface area contributed by atoms with Crippen LogP contribution < -0.4 is 10.1 Å². The topological polar surface area (TPSA) is 77.2 Å². The van der Waals surface area contributed by atoms with Crippen LogP contribution in [0, 0.1) is 6.92 Å². The first kappa shape index (κ1) is 18.6. The van der Waals surface area contributed by atoms with E-state index in [1.807, 2.05) is 30.3 Å². The first-order valence-electron chi connectivity index (χ1n) is 8.88. The molecule has 1 atom stereocenters. The van der Waals surface area contributed by atoms with Gasteiger partial charge in [0, 0.05) is 19.4 Å². The molecule has 140 valence electrons. The molecule has 0 fully saturated rings. The minimum atomic E-state index is -0.119. The minimum Gasteiger partial charge on any atom is -0.497 e. The van der Waals surface area contributed by atoms with Gasteiger partial charge < -0.3 is 14.6 Å². The largest absolute Gasteiger partial charge is 0.497 e. The molecule has 0 bridgehead atoms. The van der Waals surface area contributed by atoms with E-state index in [4.69, 9.17) is 9.26 Å². The quantitative estimate of drug-likeness (QED) is 0.664. The average Bonchev–Trinajstić information content (AvgIpc) is 3.10. The molecule has 0 aliphatic rings. The van der Waals surface area contributed by atoms with Gasteiger partial charge in [0.25, 0.3) is 0 Å². The molecule has 27 heavy (non-hydrogen) atoms. The second-order valence-electron chi connectivity index (χ2n) is 6.37. The summed E-state index contributed by atoms with van der Waals surface area (Å²) in [6.07, 6.45) is 0.928. The summed E-state index contributed by atoms with van der Waals surface area (Å²) in [5.41, 5.74) is 2.37. The Morgan fingerprint density at radius 3 is 2.52 bits per heavy atom. The molecule has 0 aliphatic heterocycles. The van der Waals surface area contributed by atoms with E-state index in [-0.39, 0.29) is 18.2 Å². The summed E-state index contributed by atoms with van der Waals surface area (Å²) in [5.74, 6) is 1.73. The Kier molecular flexibility index (Phi) is 6.20. The van der Waals surface area contributed by atoms with E-state index < -0.39 is 0 Å². The number of carbonyl (C=O) groups is 1. The number of hydrogen-bond acceptors (Lipinski definition) is 5. The maximum atomic E-state index is 12.2. The lowest BCUT2D eigenvalue weighted by molar-refractivity contribution is -0.120. The van der Waals surface area contributed by atoms with Crippen molar-refractivity contribution in [2.24, 2.45) is 0 Å². The van der Waals surface area contributed by atoms with Crippen molar-refractivity contribution in [3.63, 3.8) is 0 Å². The number of aromatic nitrogens is 2. The van der Waals surface area contributed by atoms with Crippen molar-refractivity contribution in [3.05, 3.63) is 77.4 Å². The molecular formula is C21H23N3O3. The minimum absolute atomic E-state index is 0.112. The normalized spacial score (nSPS) is 11.8. The van der Waals surface area contributed by atoms with Crippen LogP contribution in [0.1, 0.15) is 28.8 Å². The SMILES string of the molecule is COc1ccc(CC(CNC(=O)Cc2noc(C)n2)c2ccccc2)cc1. The molecule has 0 radical (unpaired) electrons. The zero-order valence-corrected chi connectivity index (χ0v) is 15.5. The van der Waals surface area contributed by atoms with E-state index in [1.54, 1.807) is 14.0 Å². The predicted octanol–water partition coefficient (Wildman–Crippen LogP) is 3.07. The van der Waals surface area contributed by atoms with Crippen LogP contribution in [-0.2, 0) is 17.6 Å². The van der Waals surface area contributed by atoms with Gasteiger partial charge in [0.1, 0.15) is 5.75 Å². The molecule has 1 amide bonds. The highest BCUT2D eigenvalue weighted by Crippen LogP contribution is 2.22. The Balaban J connectivity index is 1.65. The fourth-order valence-corrected chi connectivity index (χ4v) is 2.94. The van der Waals surface area contributed by atoms with Gasteiger partial charge >= 0.3 is 0 Å². The molecule has 1 aromatic heterocycles. The number of ether oxygens (including phenoxy) is 1. The number of hydrogen-bond donors (Lipinski definition) is 1. The van der Waals surface area contributed by atoms with Gasteiger partial charge in [-0.15, -0.1) is 0 Å². The van der Waals surface area contributed by atoms with Crippen LogP contribution in [-0.4, -0.2) is 29.7 Å². The highest BCUT2D eigenvalue weighted by molar-refractivity contribution is 5.77. The molecule has 3 rings (SSSR count). The van der Waals surface area contributed by atoms with Crippen LogP contribution >= 0.6 is 0 Å². The molecule has 0 spiro atoms. The fourth-order valence-electron chi connectivity index (χ4n) is 2.94. The van der Waals surface area contributed by atoms with Gasteiger partial charge in [-0.3, -0.25) is 4.79 Å². The molecule has 2 aromatic carbocycles. The number of benzene rings is 2. The monoisotopic (exact) mass is 365 g/mol. The fraction of sp³-hybridized carbons (Fsp3) is 0.286. The smallest absolute Gasteiger partial charge is 0.227 e. The van der Waals surface area contributed by atoms with Crippen molar-refractivity contribution in [2.45, 2.75) is 25.7 Å². The third kappa shape index (κ3) is 5.41. The van der Waals surface area contributed by atoms with Gasteiger partial charge in [0.2, 0.25) is 11.8 Å². The summed E-state index contributed by atoms with van der Waals surface area (Å²) >= 11 is 0. The third-order valence-electron chi connectivity index (χ3n) is 4.35. The van der Waals surface area contributed by atoms with Gasteiger partial charge in [-0.05, 0) is 29.7 Å². The van der Waals surface area contributed by atoms with Gasteiger partial charge in [-0.1, -0.05) is 47.6 Å². The van der Waals surface area contributed by atoms with Gasteiger partial charge in [0.05, 0.1) is 13.5 Å². The number of nitrogens with zero attached hydrogens (tertiary/aromatic N) is 2. The summed E-state index contributed by atoms with van der Waals surface area (Å²) in [4.78, 5) is 16.3. The van der Waals surface area contributed by atoms with E-state index in [0.29, 0.717) is 18.3 Å². The van der Waals surface area contributed by atoms with E-state index in [9.17, 15) is 4.79 Å². The Morgan fingerprint density at radius 1 is 1.15 bits per heavy atom.